The molecule has 1 aliphatic rings. The van der Waals surface area contributed by atoms with E-state index in [-0.39, 0.29) is 41.9 Å². The van der Waals surface area contributed by atoms with E-state index in [9.17, 15) is 32.9 Å². The van der Waals surface area contributed by atoms with Crippen molar-refractivity contribution in [3.8, 4) is 0 Å². The Morgan fingerprint density at radius 2 is 1.79 bits per heavy atom. The van der Waals surface area contributed by atoms with Gasteiger partial charge in [0.2, 0.25) is 0 Å². The van der Waals surface area contributed by atoms with Crippen molar-refractivity contribution in [3.05, 3.63) is 78.7 Å². The minimum absolute atomic E-state index is 0.134. The zero-order valence-electron chi connectivity index (χ0n) is 19.6. The number of nitro groups is 1. The maximum absolute atomic E-state index is 13.4. The van der Waals surface area contributed by atoms with Crippen molar-refractivity contribution in [2.75, 3.05) is 31.1 Å². The molecule has 0 spiro atoms. The van der Waals surface area contributed by atoms with Crippen LogP contribution in [0, 0.1) is 17.0 Å². The summed E-state index contributed by atoms with van der Waals surface area (Å²) in [5, 5.41) is 12.3. The highest BCUT2D eigenvalue weighted by Gasteiger charge is 2.34. The number of rotatable bonds is 3. The van der Waals surface area contributed by atoms with E-state index in [1.165, 1.54) is 0 Å². The van der Waals surface area contributed by atoms with Gasteiger partial charge in [0, 0.05) is 48.3 Å². The first-order chi connectivity index (χ1) is 17.9. The highest BCUT2D eigenvalue weighted by molar-refractivity contribution is 7.22. The number of pyridine rings is 1. The Balaban J connectivity index is 1.43. The van der Waals surface area contributed by atoms with Crippen LogP contribution in [0.2, 0.25) is 5.02 Å². The second-order valence-electron chi connectivity index (χ2n) is 8.68. The number of benzene rings is 2. The fourth-order valence-electron chi connectivity index (χ4n) is 4.35. The Kier molecular flexibility index (Phi) is 6.43. The van der Waals surface area contributed by atoms with Crippen LogP contribution in [-0.4, -0.2) is 51.9 Å². The summed E-state index contributed by atoms with van der Waals surface area (Å²) in [4.78, 5) is 48.3. The topological polar surface area (TPSA) is 110 Å². The SMILES string of the molecule is Cc1cc(C(=O)N2CCN(c3nc(=O)c4cc(C(F)(F)F)cc([N+](=O)[O-])c4s3)CC2)c2cc(Cl)ccc2n1. The quantitative estimate of drug-likeness (QED) is 0.253. The summed E-state index contributed by atoms with van der Waals surface area (Å²) in [6, 6.07) is 7.82. The normalized spacial score (nSPS) is 14.3. The van der Waals surface area contributed by atoms with Crippen LogP contribution in [-0.2, 0) is 6.18 Å². The van der Waals surface area contributed by atoms with Gasteiger partial charge in [-0.3, -0.25) is 24.7 Å². The zero-order chi connectivity index (χ0) is 27.4. The van der Waals surface area contributed by atoms with Gasteiger partial charge in [0.25, 0.3) is 17.2 Å². The van der Waals surface area contributed by atoms with Crippen molar-refractivity contribution in [2.24, 2.45) is 0 Å². The Morgan fingerprint density at radius 3 is 2.45 bits per heavy atom. The number of non-ortho nitro benzene ring substituents is 1. The lowest BCUT2D eigenvalue weighted by Crippen LogP contribution is -2.49. The number of amides is 1. The first-order valence-electron chi connectivity index (χ1n) is 11.2. The highest BCUT2D eigenvalue weighted by atomic mass is 35.5. The monoisotopic (exact) mass is 563 g/mol. The zero-order valence-corrected chi connectivity index (χ0v) is 21.2. The van der Waals surface area contributed by atoms with Gasteiger partial charge >= 0.3 is 6.18 Å². The first kappa shape index (κ1) is 25.8. The number of anilines is 1. The third-order valence-corrected chi connectivity index (χ3v) is 7.58. The minimum Gasteiger partial charge on any atom is -0.344 e. The van der Waals surface area contributed by atoms with Gasteiger partial charge in [-0.05, 0) is 37.3 Å². The van der Waals surface area contributed by atoms with E-state index in [0.717, 1.165) is 11.3 Å². The van der Waals surface area contributed by atoms with Gasteiger partial charge in [0.15, 0.2) is 5.13 Å². The second-order valence-corrected chi connectivity index (χ2v) is 10.1. The molecule has 0 N–H and O–H groups in total. The van der Waals surface area contributed by atoms with E-state index < -0.39 is 33.3 Å². The molecule has 2 aromatic heterocycles. The van der Waals surface area contributed by atoms with Crippen LogP contribution in [0.25, 0.3) is 21.0 Å². The van der Waals surface area contributed by atoms with Crippen molar-refractivity contribution in [1.82, 2.24) is 14.9 Å². The van der Waals surface area contributed by atoms with Gasteiger partial charge in [-0.1, -0.05) is 22.9 Å². The summed E-state index contributed by atoms with van der Waals surface area (Å²) in [5.74, 6) is -0.225. The van der Waals surface area contributed by atoms with Crippen LogP contribution in [0.15, 0.2) is 41.2 Å². The van der Waals surface area contributed by atoms with Crippen molar-refractivity contribution >= 4 is 60.7 Å². The van der Waals surface area contributed by atoms with Gasteiger partial charge in [-0.2, -0.15) is 18.2 Å². The van der Waals surface area contributed by atoms with Crippen molar-refractivity contribution in [1.29, 1.82) is 0 Å². The van der Waals surface area contributed by atoms with E-state index in [1.807, 2.05) is 0 Å². The van der Waals surface area contributed by atoms with Crippen LogP contribution in [0.5, 0.6) is 0 Å². The first-order valence-corrected chi connectivity index (χ1v) is 12.4. The number of carbonyl (C=O) groups excluding carboxylic acids is 1. The summed E-state index contributed by atoms with van der Waals surface area (Å²) >= 11 is 6.91. The van der Waals surface area contributed by atoms with Gasteiger partial charge in [0.05, 0.1) is 27.0 Å². The number of hydrogen-bond acceptors (Lipinski definition) is 8. The predicted molar refractivity (Wildman–Crippen MR) is 137 cm³/mol. The molecule has 1 saturated heterocycles. The number of fused-ring (bicyclic) bond motifs is 2. The average Bonchev–Trinajstić information content (AvgIpc) is 2.87. The van der Waals surface area contributed by atoms with E-state index in [4.69, 9.17) is 11.6 Å². The largest absolute Gasteiger partial charge is 0.416 e. The molecule has 0 aliphatic carbocycles. The maximum Gasteiger partial charge on any atom is 0.416 e. The average molecular weight is 564 g/mol. The molecule has 0 unspecified atom stereocenters. The van der Waals surface area contributed by atoms with Crippen LogP contribution in [0.1, 0.15) is 21.6 Å². The standard InChI is InChI=1S/C24H17ClF3N5O4S/c1-12-8-16(15-11-14(25)2-3-18(15)29-12)22(35)31-4-6-32(7-5-31)23-30-21(34)17-9-13(24(26,27)28)10-19(33(36)37)20(17)38-23/h2-3,8-11H,4-7H2,1H3. The van der Waals surface area contributed by atoms with Gasteiger partial charge in [0.1, 0.15) is 4.70 Å². The number of aromatic nitrogens is 2. The van der Waals surface area contributed by atoms with Crippen molar-refractivity contribution < 1.29 is 22.9 Å². The molecule has 0 atom stereocenters. The lowest BCUT2D eigenvalue weighted by molar-refractivity contribution is -0.383. The summed E-state index contributed by atoms with van der Waals surface area (Å²) in [5.41, 5.74) is -1.33. The molecular weight excluding hydrogens is 547 g/mol. The van der Waals surface area contributed by atoms with Crippen LogP contribution in [0.3, 0.4) is 0 Å². The van der Waals surface area contributed by atoms with Gasteiger partial charge in [-0.25, -0.2) is 0 Å². The molecule has 0 bridgehead atoms. The van der Waals surface area contributed by atoms with Crippen LogP contribution >= 0.6 is 22.9 Å². The molecule has 38 heavy (non-hydrogen) atoms. The Morgan fingerprint density at radius 1 is 1.08 bits per heavy atom. The number of piperazine rings is 1. The number of hydrogen-bond donors (Lipinski definition) is 0. The molecule has 196 valence electrons. The molecule has 1 fully saturated rings. The third-order valence-electron chi connectivity index (χ3n) is 6.18. The van der Waals surface area contributed by atoms with Gasteiger partial charge < -0.3 is 9.80 Å². The Labute approximate surface area is 221 Å². The fourth-order valence-corrected chi connectivity index (χ4v) is 5.64. The Bertz CT molecular complexity index is 1690. The number of nitrogens with zero attached hydrogens (tertiary/aromatic N) is 5. The molecule has 1 amide bonds. The lowest BCUT2D eigenvalue weighted by Gasteiger charge is -2.35. The molecule has 4 aromatic rings. The highest BCUT2D eigenvalue weighted by Crippen LogP contribution is 2.38. The molecule has 2 aromatic carbocycles. The molecule has 3 heterocycles. The molecular formula is C24H17ClF3N5O4S. The number of halogens is 4. The molecule has 1 aliphatic heterocycles. The predicted octanol–water partition coefficient (Wildman–Crippen LogP) is 5.06. The fraction of sp³-hybridized carbons (Fsp3) is 0.250. The molecule has 5 rings (SSSR count). The lowest BCUT2D eigenvalue weighted by atomic mass is 10.1. The van der Waals surface area contributed by atoms with E-state index in [0.29, 0.717) is 39.3 Å². The summed E-state index contributed by atoms with van der Waals surface area (Å²) < 4.78 is 39.5. The number of nitro benzene ring substituents is 1. The van der Waals surface area contributed by atoms with Crippen molar-refractivity contribution in [2.45, 2.75) is 13.1 Å². The molecule has 9 nitrogen and oxygen atoms in total. The second kappa shape index (κ2) is 9.48. The number of alkyl halides is 3. The Hall–Kier alpha value is -3.84. The molecule has 0 saturated carbocycles. The van der Waals surface area contributed by atoms with Crippen LogP contribution in [0.4, 0.5) is 24.0 Å². The summed E-state index contributed by atoms with van der Waals surface area (Å²) in [6.45, 7) is 2.83. The number of aryl methyl sites for hydroxylation is 1. The van der Waals surface area contributed by atoms with Crippen LogP contribution < -0.4 is 10.5 Å². The number of carbonyl (C=O) groups is 1. The van der Waals surface area contributed by atoms with E-state index in [2.05, 4.69) is 9.97 Å². The molecule has 0 radical (unpaired) electrons. The third kappa shape index (κ3) is 4.74. The maximum atomic E-state index is 13.4. The van der Waals surface area contributed by atoms with Crippen molar-refractivity contribution in [3.63, 3.8) is 0 Å². The minimum atomic E-state index is -4.86. The summed E-state index contributed by atoms with van der Waals surface area (Å²) in [6.07, 6.45) is -4.86. The van der Waals surface area contributed by atoms with Gasteiger partial charge in [-0.15, -0.1) is 0 Å². The smallest absolute Gasteiger partial charge is 0.344 e. The van der Waals surface area contributed by atoms with E-state index >= 15 is 0 Å². The summed E-state index contributed by atoms with van der Waals surface area (Å²) in [7, 11) is 0. The van der Waals surface area contributed by atoms with E-state index in [1.54, 1.807) is 41.0 Å². The molecule has 14 heteroatoms.